The van der Waals surface area contributed by atoms with Crippen molar-refractivity contribution in [1.82, 2.24) is 9.80 Å². The molecular weight excluding hydrogens is 257 g/mol. The van der Waals surface area contributed by atoms with Gasteiger partial charge >= 0.3 is 0 Å². The van der Waals surface area contributed by atoms with Crippen LogP contribution >= 0.6 is 0 Å². The SMILES string of the molecule is CCN(CCCN(C)C)C(=O)c1cccc(F)c1NC. The van der Waals surface area contributed by atoms with Crippen molar-refractivity contribution in [2.75, 3.05) is 46.1 Å². The van der Waals surface area contributed by atoms with E-state index >= 15 is 0 Å². The molecule has 1 amide bonds. The lowest BCUT2D eigenvalue weighted by Crippen LogP contribution is -2.33. The largest absolute Gasteiger partial charge is 0.385 e. The number of carbonyl (C=O) groups excluding carboxylic acids is 1. The average molecular weight is 281 g/mol. The second-order valence-electron chi connectivity index (χ2n) is 4.95. The Bertz CT molecular complexity index is 449. The fraction of sp³-hybridized carbons (Fsp3) is 0.533. The Morgan fingerprint density at radius 2 is 2.00 bits per heavy atom. The molecule has 0 saturated heterocycles. The first-order valence-corrected chi connectivity index (χ1v) is 6.91. The molecule has 20 heavy (non-hydrogen) atoms. The molecule has 0 aliphatic carbocycles. The summed E-state index contributed by atoms with van der Waals surface area (Å²) in [7, 11) is 5.63. The van der Waals surface area contributed by atoms with E-state index in [0.717, 1.165) is 13.0 Å². The first kappa shape index (κ1) is 16.4. The minimum atomic E-state index is -0.400. The Labute approximate surface area is 120 Å². The number of nitrogens with zero attached hydrogens (tertiary/aromatic N) is 2. The Hall–Kier alpha value is -1.62. The van der Waals surface area contributed by atoms with E-state index in [1.165, 1.54) is 6.07 Å². The molecule has 1 aromatic carbocycles. The van der Waals surface area contributed by atoms with Gasteiger partial charge in [0.25, 0.3) is 5.91 Å². The highest BCUT2D eigenvalue weighted by Gasteiger charge is 2.19. The van der Waals surface area contributed by atoms with Crippen molar-refractivity contribution in [3.63, 3.8) is 0 Å². The fourth-order valence-corrected chi connectivity index (χ4v) is 2.11. The van der Waals surface area contributed by atoms with Crippen LogP contribution in [0.4, 0.5) is 10.1 Å². The van der Waals surface area contributed by atoms with E-state index in [9.17, 15) is 9.18 Å². The van der Waals surface area contributed by atoms with Crippen LogP contribution in [0.2, 0.25) is 0 Å². The zero-order valence-electron chi connectivity index (χ0n) is 12.7. The van der Waals surface area contributed by atoms with Crippen LogP contribution in [-0.4, -0.2) is 56.5 Å². The van der Waals surface area contributed by atoms with E-state index < -0.39 is 5.82 Å². The summed E-state index contributed by atoms with van der Waals surface area (Å²) in [6, 6.07) is 4.58. The molecule has 0 saturated carbocycles. The van der Waals surface area contributed by atoms with Crippen molar-refractivity contribution in [2.24, 2.45) is 0 Å². The highest BCUT2D eigenvalue weighted by Crippen LogP contribution is 2.21. The van der Waals surface area contributed by atoms with Crippen molar-refractivity contribution in [3.8, 4) is 0 Å². The standard InChI is InChI=1S/C15H24FN3O/c1-5-19(11-7-10-18(3)4)15(20)12-8-6-9-13(16)14(12)17-2/h6,8-9,17H,5,7,10-11H2,1-4H3. The maximum absolute atomic E-state index is 13.7. The van der Waals surface area contributed by atoms with Gasteiger partial charge in [0.1, 0.15) is 5.82 Å². The molecule has 5 heteroatoms. The van der Waals surface area contributed by atoms with Gasteiger partial charge in [-0.2, -0.15) is 0 Å². The molecule has 1 aromatic rings. The number of rotatable bonds is 7. The molecule has 0 heterocycles. The topological polar surface area (TPSA) is 35.6 Å². The molecule has 1 rings (SSSR count). The van der Waals surface area contributed by atoms with Crippen LogP contribution < -0.4 is 5.32 Å². The lowest BCUT2D eigenvalue weighted by Gasteiger charge is -2.23. The van der Waals surface area contributed by atoms with Crippen molar-refractivity contribution < 1.29 is 9.18 Å². The molecule has 0 fully saturated rings. The van der Waals surface area contributed by atoms with Gasteiger partial charge in [-0.3, -0.25) is 4.79 Å². The fourth-order valence-electron chi connectivity index (χ4n) is 2.11. The van der Waals surface area contributed by atoms with Gasteiger partial charge in [0.15, 0.2) is 0 Å². The molecule has 112 valence electrons. The minimum absolute atomic E-state index is 0.130. The van der Waals surface area contributed by atoms with E-state index in [4.69, 9.17) is 0 Å². The molecule has 0 aliphatic heterocycles. The number of benzene rings is 1. The van der Waals surface area contributed by atoms with Gasteiger partial charge in [0, 0.05) is 20.1 Å². The summed E-state index contributed by atoms with van der Waals surface area (Å²) in [4.78, 5) is 16.3. The number of carbonyl (C=O) groups is 1. The minimum Gasteiger partial charge on any atom is -0.385 e. The van der Waals surface area contributed by atoms with Crippen molar-refractivity contribution in [2.45, 2.75) is 13.3 Å². The number of para-hydroxylation sites is 1. The van der Waals surface area contributed by atoms with Crippen LogP contribution in [-0.2, 0) is 0 Å². The zero-order valence-corrected chi connectivity index (χ0v) is 12.7. The normalized spacial score (nSPS) is 10.7. The molecular formula is C15H24FN3O. The third-order valence-electron chi connectivity index (χ3n) is 3.20. The summed E-state index contributed by atoms with van der Waals surface area (Å²) in [5, 5.41) is 2.77. The third-order valence-corrected chi connectivity index (χ3v) is 3.20. The molecule has 0 aliphatic rings. The van der Waals surface area contributed by atoms with E-state index in [1.54, 1.807) is 24.1 Å². The predicted octanol–water partition coefficient (Wildman–Crippen LogP) is 2.28. The monoisotopic (exact) mass is 281 g/mol. The van der Waals surface area contributed by atoms with Gasteiger partial charge in [-0.15, -0.1) is 0 Å². The highest BCUT2D eigenvalue weighted by atomic mass is 19.1. The maximum atomic E-state index is 13.7. The van der Waals surface area contributed by atoms with Crippen LogP contribution in [0, 0.1) is 5.82 Å². The second kappa shape index (κ2) is 7.85. The van der Waals surface area contributed by atoms with Crippen LogP contribution in [0.3, 0.4) is 0 Å². The van der Waals surface area contributed by atoms with Crippen LogP contribution in [0.15, 0.2) is 18.2 Å². The van der Waals surface area contributed by atoms with Crippen molar-refractivity contribution in [3.05, 3.63) is 29.6 Å². The van der Waals surface area contributed by atoms with E-state index in [-0.39, 0.29) is 11.6 Å². The molecule has 4 nitrogen and oxygen atoms in total. The Morgan fingerprint density at radius 1 is 1.30 bits per heavy atom. The summed E-state index contributed by atoms with van der Waals surface area (Å²) in [6.45, 7) is 4.15. The number of amides is 1. The Kier molecular flexibility index (Phi) is 6.45. The maximum Gasteiger partial charge on any atom is 0.256 e. The van der Waals surface area contributed by atoms with Gasteiger partial charge in [-0.05, 0) is 46.1 Å². The smallest absolute Gasteiger partial charge is 0.256 e. The van der Waals surface area contributed by atoms with Crippen molar-refractivity contribution in [1.29, 1.82) is 0 Å². The Balaban J connectivity index is 2.83. The zero-order chi connectivity index (χ0) is 15.1. The van der Waals surface area contributed by atoms with E-state index in [0.29, 0.717) is 18.7 Å². The average Bonchev–Trinajstić information content (AvgIpc) is 2.42. The van der Waals surface area contributed by atoms with Crippen LogP contribution in [0.5, 0.6) is 0 Å². The Morgan fingerprint density at radius 3 is 2.55 bits per heavy atom. The van der Waals surface area contributed by atoms with E-state index in [2.05, 4.69) is 10.2 Å². The number of hydrogen-bond donors (Lipinski definition) is 1. The first-order chi connectivity index (χ1) is 9.51. The lowest BCUT2D eigenvalue weighted by atomic mass is 10.1. The van der Waals surface area contributed by atoms with Gasteiger partial charge in [0.05, 0.1) is 11.3 Å². The quantitative estimate of drug-likeness (QED) is 0.833. The van der Waals surface area contributed by atoms with Gasteiger partial charge in [0.2, 0.25) is 0 Å². The summed E-state index contributed by atoms with van der Waals surface area (Å²) in [5.74, 6) is -0.530. The third kappa shape index (κ3) is 4.20. The molecule has 0 radical (unpaired) electrons. The molecule has 0 spiro atoms. The summed E-state index contributed by atoms with van der Waals surface area (Å²) in [6.07, 6.45) is 0.900. The van der Waals surface area contributed by atoms with Gasteiger partial charge in [-0.25, -0.2) is 4.39 Å². The van der Waals surface area contributed by atoms with Gasteiger partial charge < -0.3 is 15.1 Å². The van der Waals surface area contributed by atoms with Crippen LogP contribution in [0.1, 0.15) is 23.7 Å². The van der Waals surface area contributed by atoms with Crippen molar-refractivity contribution >= 4 is 11.6 Å². The molecule has 0 bridgehead atoms. The summed E-state index contributed by atoms with van der Waals surface area (Å²) < 4.78 is 13.7. The summed E-state index contributed by atoms with van der Waals surface area (Å²) in [5.41, 5.74) is 0.655. The van der Waals surface area contributed by atoms with E-state index in [1.807, 2.05) is 21.0 Å². The molecule has 1 N–H and O–H groups in total. The number of halogens is 1. The lowest BCUT2D eigenvalue weighted by molar-refractivity contribution is 0.0760. The second-order valence-corrected chi connectivity index (χ2v) is 4.95. The first-order valence-electron chi connectivity index (χ1n) is 6.91. The number of nitrogens with one attached hydrogen (secondary N) is 1. The summed E-state index contributed by atoms with van der Waals surface area (Å²) >= 11 is 0. The number of anilines is 1. The highest BCUT2D eigenvalue weighted by molar-refractivity contribution is 5.99. The van der Waals surface area contributed by atoms with Gasteiger partial charge in [-0.1, -0.05) is 6.07 Å². The number of hydrogen-bond acceptors (Lipinski definition) is 3. The molecule has 0 atom stereocenters. The van der Waals surface area contributed by atoms with Crippen LogP contribution in [0.25, 0.3) is 0 Å². The predicted molar refractivity (Wildman–Crippen MR) is 80.7 cm³/mol. The molecule has 0 aromatic heterocycles. The molecule has 0 unspecified atom stereocenters.